The predicted molar refractivity (Wildman–Crippen MR) is 88.5 cm³/mol. The monoisotopic (exact) mass is 307 g/mol. The van der Waals surface area contributed by atoms with E-state index < -0.39 is 0 Å². The topological polar surface area (TPSA) is 38.3 Å². The van der Waals surface area contributed by atoms with E-state index >= 15 is 0 Å². The molecule has 2 aliphatic carbocycles. The van der Waals surface area contributed by atoms with Gasteiger partial charge in [-0.05, 0) is 47.3 Å². The minimum Gasteiger partial charge on any atom is -0.377 e. The van der Waals surface area contributed by atoms with Gasteiger partial charge in [0, 0.05) is 19.1 Å². The molecule has 1 spiro atoms. The standard InChI is InChI=1S/C19H33NO2/c1-7-14(21)20-16-18(5,6)12-10-13-15(17(2,3)4)22-9-8-19(13,16)11-12/h12-13,15-16H,7-11H2,1-6H3,(H,20,21)/t12-,13-,15+,16-,19-/m1/s1. The molecule has 3 aliphatic rings. The van der Waals surface area contributed by atoms with E-state index in [-0.39, 0.29) is 22.2 Å². The lowest BCUT2D eigenvalue weighted by atomic mass is 9.57. The molecule has 1 N–H and O–H groups in total. The van der Waals surface area contributed by atoms with Crippen LogP contribution in [-0.4, -0.2) is 24.7 Å². The van der Waals surface area contributed by atoms with Gasteiger partial charge in [-0.1, -0.05) is 41.5 Å². The van der Waals surface area contributed by atoms with E-state index in [0.717, 1.165) is 13.0 Å². The fraction of sp³-hybridized carbons (Fsp3) is 0.947. The zero-order valence-electron chi connectivity index (χ0n) is 15.2. The summed E-state index contributed by atoms with van der Waals surface area (Å²) < 4.78 is 6.24. The summed E-state index contributed by atoms with van der Waals surface area (Å²) in [6.45, 7) is 14.4. The number of hydrogen-bond acceptors (Lipinski definition) is 2. The summed E-state index contributed by atoms with van der Waals surface area (Å²) in [5.41, 5.74) is 0.641. The van der Waals surface area contributed by atoms with Gasteiger partial charge in [0.1, 0.15) is 0 Å². The van der Waals surface area contributed by atoms with Gasteiger partial charge in [-0.3, -0.25) is 4.79 Å². The third-order valence-corrected chi connectivity index (χ3v) is 6.98. The Morgan fingerprint density at radius 1 is 1.32 bits per heavy atom. The molecule has 1 amide bonds. The number of hydrogen-bond donors (Lipinski definition) is 1. The summed E-state index contributed by atoms with van der Waals surface area (Å²) in [7, 11) is 0. The van der Waals surface area contributed by atoms with Crippen LogP contribution in [0.2, 0.25) is 0 Å². The van der Waals surface area contributed by atoms with E-state index in [1.807, 2.05) is 6.92 Å². The lowest BCUT2D eigenvalue weighted by Gasteiger charge is -2.55. The second kappa shape index (κ2) is 4.96. The molecular weight excluding hydrogens is 274 g/mol. The van der Waals surface area contributed by atoms with Crippen molar-refractivity contribution in [3.63, 3.8) is 0 Å². The Morgan fingerprint density at radius 2 is 2.00 bits per heavy atom. The van der Waals surface area contributed by atoms with Gasteiger partial charge >= 0.3 is 0 Å². The fourth-order valence-electron chi connectivity index (χ4n) is 5.91. The molecule has 5 atom stereocenters. The summed E-state index contributed by atoms with van der Waals surface area (Å²) in [5, 5.41) is 3.42. The minimum atomic E-state index is 0.173. The minimum absolute atomic E-state index is 0.173. The van der Waals surface area contributed by atoms with Crippen molar-refractivity contribution in [3.05, 3.63) is 0 Å². The highest BCUT2D eigenvalue weighted by molar-refractivity contribution is 5.76. The average molecular weight is 307 g/mol. The number of ether oxygens (including phenoxy) is 1. The van der Waals surface area contributed by atoms with Crippen molar-refractivity contribution in [3.8, 4) is 0 Å². The summed E-state index contributed by atoms with van der Waals surface area (Å²) in [6, 6.07) is 0.310. The molecule has 22 heavy (non-hydrogen) atoms. The van der Waals surface area contributed by atoms with Crippen molar-refractivity contribution in [1.29, 1.82) is 0 Å². The number of nitrogens with one attached hydrogen (secondary N) is 1. The van der Waals surface area contributed by atoms with E-state index in [1.54, 1.807) is 0 Å². The average Bonchev–Trinajstić information content (AvgIpc) is 2.90. The van der Waals surface area contributed by atoms with E-state index in [9.17, 15) is 4.79 Å². The maximum atomic E-state index is 12.1. The van der Waals surface area contributed by atoms with Crippen LogP contribution in [-0.2, 0) is 9.53 Å². The first kappa shape index (κ1) is 16.3. The zero-order chi connectivity index (χ0) is 16.3. The molecular formula is C19H33NO2. The van der Waals surface area contributed by atoms with Gasteiger partial charge in [0.2, 0.25) is 5.91 Å². The van der Waals surface area contributed by atoms with E-state index in [4.69, 9.17) is 4.74 Å². The molecule has 1 saturated heterocycles. The number of amides is 1. The van der Waals surface area contributed by atoms with Gasteiger partial charge < -0.3 is 10.1 Å². The molecule has 0 radical (unpaired) electrons. The molecule has 2 bridgehead atoms. The second-order valence-corrected chi connectivity index (χ2v) is 9.56. The van der Waals surface area contributed by atoms with Crippen LogP contribution in [0.1, 0.15) is 67.2 Å². The largest absolute Gasteiger partial charge is 0.377 e. The summed E-state index contributed by atoms with van der Waals surface area (Å²) >= 11 is 0. The van der Waals surface area contributed by atoms with Crippen LogP contribution < -0.4 is 5.32 Å². The van der Waals surface area contributed by atoms with Gasteiger partial charge in [0.25, 0.3) is 0 Å². The van der Waals surface area contributed by atoms with E-state index in [0.29, 0.717) is 30.4 Å². The van der Waals surface area contributed by atoms with Crippen molar-refractivity contribution in [2.75, 3.05) is 6.61 Å². The Bertz CT molecular complexity index is 465. The van der Waals surface area contributed by atoms with Crippen molar-refractivity contribution in [2.24, 2.45) is 28.1 Å². The first-order valence-electron chi connectivity index (χ1n) is 9.04. The van der Waals surface area contributed by atoms with Gasteiger partial charge in [-0.2, -0.15) is 0 Å². The van der Waals surface area contributed by atoms with Crippen LogP contribution in [0.25, 0.3) is 0 Å². The fourth-order valence-corrected chi connectivity index (χ4v) is 5.91. The Labute approximate surface area is 135 Å². The van der Waals surface area contributed by atoms with Crippen LogP contribution in [0.4, 0.5) is 0 Å². The molecule has 1 aliphatic heterocycles. The highest BCUT2D eigenvalue weighted by atomic mass is 16.5. The van der Waals surface area contributed by atoms with Gasteiger partial charge in [-0.25, -0.2) is 0 Å². The number of fused-ring (bicyclic) bond motifs is 1. The highest BCUT2D eigenvalue weighted by Crippen LogP contribution is 2.69. The normalized spacial score (nSPS) is 43.0. The van der Waals surface area contributed by atoms with Crippen molar-refractivity contribution < 1.29 is 9.53 Å². The molecule has 0 aromatic heterocycles. The quantitative estimate of drug-likeness (QED) is 0.843. The predicted octanol–water partition coefficient (Wildman–Crippen LogP) is 3.77. The smallest absolute Gasteiger partial charge is 0.219 e. The third-order valence-electron chi connectivity index (χ3n) is 6.98. The van der Waals surface area contributed by atoms with Crippen molar-refractivity contribution in [2.45, 2.75) is 79.4 Å². The number of rotatable bonds is 2. The lowest BCUT2D eigenvalue weighted by Crippen LogP contribution is -2.61. The zero-order valence-corrected chi connectivity index (χ0v) is 15.2. The number of carbonyl (C=O) groups excluding carboxylic acids is 1. The van der Waals surface area contributed by atoms with Gasteiger partial charge in [-0.15, -0.1) is 0 Å². The van der Waals surface area contributed by atoms with Crippen LogP contribution in [0.5, 0.6) is 0 Å². The molecule has 2 saturated carbocycles. The van der Waals surface area contributed by atoms with E-state index in [2.05, 4.69) is 39.9 Å². The Morgan fingerprint density at radius 3 is 2.59 bits per heavy atom. The lowest BCUT2D eigenvalue weighted by molar-refractivity contribution is -0.159. The van der Waals surface area contributed by atoms with Crippen molar-refractivity contribution >= 4 is 5.91 Å². The van der Waals surface area contributed by atoms with Crippen LogP contribution in [0, 0.1) is 28.1 Å². The molecule has 0 aromatic rings. The molecule has 0 unspecified atom stereocenters. The SMILES string of the molecule is CCC(=O)N[C@@H]1C(C)(C)[C@@H]2C[C@@H]3[C@@H](C(C)(C)C)OCC[C@@]31C2. The molecule has 3 heteroatoms. The third kappa shape index (κ3) is 2.15. The highest BCUT2D eigenvalue weighted by Gasteiger charge is 2.69. The summed E-state index contributed by atoms with van der Waals surface area (Å²) in [6.07, 6.45) is 4.56. The molecule has 3 nitrogen and oxygen atoms in total. The Hall–Kier alpha value is -0.570. The molecule has 1 heterocycles. The maximum absolute atomic E-state index is 12.1. The maximum Gasteiger partial charge on any atom is 0.219 e. The van der Waals surface area contributed by atoms with Crippen molar-refractivity contribution in [1.82, 2.24) is 5.32 Å². The van der Waals surface area contributed by atoms with Gasteiger partial charge in [0.05, 0.1) is 6.10 Å². The van der Waals surface area contributed by atoms with Gasteiger partial charge in [0.15, 0.2) is 0 Å². The molecule has 0 aromatic carbocycles. The number of carbonyl (C=O) groups is 1. The van der Waals surface area contributed by atoms with E-state index in [1.165, 1.54) is 12.8 Å². The summed E-state index contributed by atoms with van der Waals surface area (Å²) in [4.78, 5) is 12.1. The molecule has 3 rings (SSSR count). The van der Waals surface area contributed by atoms with Crippen LogP contribution >= 0.6 is 0 Å². The van der Waals surface area contributed by atoms with Crippen LogP contribution in [0.3, 0.4) is 0 Å². The molecule has 3 fully saturated rings. The molecule has 126 valence electrons. The Kier molecular flexibility index (Phi) is 3.67. The second-order valence-electron chi connectivity index (χ2n) is 9.56. The Balaban J connectivity index is 1.95. The van der Waals surface area contributed by atoms with Crippen LogP contribution in [0.15, 0.2) is 0 Å². The first-order valence-corrected chi connectivity index (χ1v) is 9.04. The summed E-state index contributed by atoms with van der Waals surface area (Å²) in [5.74, 6) is 1.52. The first-order chi connectivity index (χ1) is 10.1.